The van der Waals surface area contributed by atoms with E-state index in [4.69, 9.17) is 0 Å². The molecule has 0 amide bonds. The van der Waals surface area contributed by atoms with Gasteiger partial charge in [-0.05, 0) is 360 Å². The third-order valence-corrected chi connectivity index (χ3v) is 45.7. The fraction of sp³-hybridized carbons (Fsp3) is 1.00. The van der Waals surface area contributed by atoms with Crippen molar-refractivity contribution in [2.24, 2.45) is 0 Å². The Morgan fingerprint density at radius 1 is 0.123 bits per heavy atom. The Balaban J connectivity index is -0.000000220. The molecule has 0 unspecified atom stereocenters. The number of rotatable bonds is 70. The van der Waals surface area contributed by atoms with E-state index < -0.39 is 67.5 Å². The van der Waals surface area contributed by atoms with E-state index in [1.165, 1.54) is 0 Å². The topological polar surface area (TPSA) is 308 Å². The van der Waals surface area contributed by atoms with Crippen LogP contribution in [0.2, 0.25) is 60.4 Å². The predicted octanol–water partition coefficient (Wildman–Crippen LogP) is 3.78. The molecule has 12 N–H and O–H groups in total. The molecule has 0 aromatic carbocycles. The van der Waals surface area contributed by atoms with Gasteiger partial charge >= 0.3 is 34.2 Å². The first kappa shape index (κ1) is 146. The molecule has 0 saturated heterocycles. The van der Waals surface area contributed by atoms with Gasteiger partial charge in [0.2, 0.25) is 16.6 Å². The zero-order chi connectivity index (χ0) is 103. The van der Waals surface area contributed by atoms with E-state index in [9.17, 15) is 57.5 Å². The lowest BCUT2D eigenvalue weighted by atomic mass is 10.5. The second kappa shape index (κ2) is 85.1. The molecule has 0 heterocycles. The summed E-state index contributed by atoms with van der Waals surface area (Å²) in [5.41, 5.74) is 0. The van der Waals surface area contributed by atoms with Crippen molar-refractivity contribution < 1.29 is 57.5 Å². The average molecular weight is 2010 g/mol. The Kier molecular flexibility index (Phi) is 95.4. The normalized spacial score (nSPS) is 12.9. The smallest absolute Gasteiger partial charge is 0.361 e. The van der Waals surface area contributed by atoms with Gasteiger partial charge in [-0.25, -0.2) is 0 Å². The second-order valence-electron chi connectivity index (χ2n) is 39.0. The van der Waals surface area contributed by atoms with E-state index in [0.717, 1.165) is 270 Å². The Morgan fingerprint density at radius 3 is 0.415 bits per heavy atom. The minimum Gasteiger partial charge on any atom is -0.432 e. The van der Waals surface area contributed by atoms with Crippen molar-refractivity contribution in [2.75, 3.05) is 399 Å². The fourth-order valence-electron chi connectivity index (χ4n) is 15.0. The molecule has 0 aliphatic carbocycles. The molecule has 0 fully saturated rings. The molecule has 0 aliphatic heterocycles. The van der Waals surface area contributed by atoms with Crippen LogP contribution in [0.4, 0.5) is 0 Å². The Morgan fingerprint density at radius 2 is 0.254 bits per heavy atom. The van der Waals surface area contributed by atoms with Gasteiger partial charge in [0.05, 0.1) is 0 Å². The maximum absolute atomic E-state index is 11.4. The molecule has 40 heteroatoms. The molecule has 130 heavy (non-hydrogen) atoms. The molecule has 0 aliphatic rings. The first-order valence-electron chi connectivity index (χ1n) is 50.5. The Labute approximate surface area is 816 Å². The monoisotopic (exact) mass is 2010 g/mol. The highest BCUT2D eigenvalue weighted by Gasteiger charge is 2.39. The van der Waals surface area contributed by atoms with Gasteiger partial charge in [-0.3, -0.25) is 0 Å². The van der Waals surface area contributed by atoms with Crippen LogP contribution >= 0.6 is 0 Å². The summed E-state index contributed by atoms with van der Waals surface area (Å²) >= 11 is 0. The summed E-state index contributed by atoms with van der Waals surface area (Å²) < 4.78 is 0. The maximum atomic E-state index is 11.4. The molecule has 32 nitrogen and oxygen atoms in total. The zero-order valence-corrected chi connectivity index (χ0v) is 102. The second-order valence-corrected chi connectivity index (χ2v) is 64.8. The first-order chi connectivity index (χ1) is 60.1. The van der Waals surface area contributed by atoms with Crippen LogP contribution in [-0.2, 0) is 0 Å². The third-order valence-electron chi connectivity index (χ3n) is 23.8. The largest absolute Gasteiger partial charge is 0.432 e. The van der Waals surface area contributed by atoms with Crippen LogP contribution in [0.25, 0.3) is 0 Å². The van der Waals surface area contributed by atoms with E-state index in [-0.39, 0.29) is 0 Å². The van der Waals surface area contributed by atoms with Crippen LogP contribution in [0.3, 0.4) is 0 Å². The molecular formula is C90H232N20O12Si8. The molecule has 0 rings (SSSR count). The highest BCUT2D eigenvalue weighted by Crippen LogP contribution is 2.22. The van der Waals surface area contributed by atoms with Crippen LogP contribution in [0.15, 0.2) is 0 Å². The van der Waals surface area contributed by atoms with Crippen molar-refractivity contribution >= 4 is 67.5 Å². The van der Waals surface area contributed by atoms with Crippen LogP contribution < -0.4 is 0 Å². The highest BCUT2D eigenvalue weighted by molar-refractivity contribution is 6.74. The molecule has 796 valence electrons. The van der Waals surface area contributed by atoms with Crippen LogP contribution in [-0.4, -0.2) is 622 Å². The summed E-state index contributed by atoms with van der Waals surface area (Å²) in [5, 5.41) is 0. The summed E-state index contributed by atoms with van der Waals surface area (Å²) in [7, 11) is 19.1. The molecule has 0 bridgehead atoms. The van der Waals surface area contributed by atoms with Crippen molar-refractivity contribution in [1.82, 2.24) is 98.0 Å². The van der Waals surface area contributed by atoms with Gasteiger partial charge in [0.15, 0.2) is 16.6 Å². The van der Waals surface area contributed by atoms with Crippen molar-refractivity contribution in [3.8, 4) is 0 Å². The predicted molar refractivity (Wildman–Crippen MR) is 584 cm³/mol. The Bertz CT molecular complexity index is 2200. The zero-order valence-electron chi connectivity index (χ0n) is 93.7. The van der Waals surface area contributed by atoms with Gasteiger partial charge in [0.25, 0.3) is 0 Å². The molecule has 0 spiro atoms. The SMILES string of the molecule is CCN(CC)CC[Si](O)(CCN(CC)CC)CCN(CC)CC.CCN(CC)CC[Si](O)(O)CCN(CC)CC.CCN(CC)C[Si](O)(CN(CC)CC)CN(CC)CC.CCN(CC)C[Si](O)(O)CN(CC)CC.CN(C)CC[Si](O)(CCN(C)C)CCN(C)C.CN(C)CC[Si](O)(O)CCN(C)C.CN(C)C[Si](O)(CN(C)C)CN(C)C.CN(C)C[Si](O)(O)CN(C)C. The third kappa shape index (κ3) is 92.2. The number of hydrogen-bond donors (Lipinski definition) is 12. The molecular weight excluding hydrogens is 1780 g/mol. The van der Waals surface area contributed by atoms with Gasteiger partial charge in [-0.2, -0.15) is 0 Å². The van der Waals surface area contributed by atoms with Gasteiger partial charge in [-0.15, -0.1) is 0 Å². The van der Waals surface area contributed by atoms with E-state index in [0.29, 0.717) is 48.8 Å². The minimum atomic E-state index is -3.06. The van der Waals surface area contributed by atoms with Crippen LogP contribution in [0, 0.1) is 0 Å². The standard InChI is InChI=1S/C18H43N3OSi.C15H37N3OSi.C12H31N3OSi.C12H30N2O2Si.C10H26N2O2Si.C9H25N3OSi.C8H22N2O2Si.C6H18N2O2Si/c1-7-19(8-2)13-16-23(22,17-14-20(9-3)10-4)18-15-21(11-5)12-6;1-7-16(8-2)13-20(19,14-17(9-3)10-4)15-18(11-5)12-6;1-13(2)7-10-17(16,11-8-14(3)4)12-9-15(5)6;1-5-13(6-2)9-11-17(15,16)12-10-14(7-3)8-4;1-5-11(6-2)9-15(13,14)10-12(7-3)8-4;1-10(2)7-14(13,8-11(3)4)9-12(5)6;1-9(2)5-7-13(11,12)8-6-10(3)4;1-7(2)5-11(9,10)6-8(3)4/h22H,7-18H2,1-6H3;19H,7-15H2,1-6H3;16H,7-12H2,1-6H3;15-16H,5-12H2,1-4H3;13-14H,5-10H2,1-4H3;13H,7-9H2,1-6H3;11-12H,5-8H2,1-4H3;9-10H,5-6H2,1-4H3. The van der Waals surface area contributed by atoms with E-state index in [1.807, 2.05) is 136 Å². The Hall–Kier alpha value is 0.455. The van der Waals surface area contributed by atoms with E-state index in [2.05, 4.69) is 231 Å². The summed E-state index contributed by atoms with van der Waals surface area (Å²) in [4.78, 5) is 166. The van der Waals surface area contributed by atoms with Crippen molar-refractivity contribution in [1.29, 1.82) is 0 Å². The van der Waals surface area contributed by atoms with Gasteiger partial charge in [-0.1, -0.05) is 138 Å². The van der Waals surface area contributed by atoms with Gasteiger partial charge in [0.1, 0.15) is 0 Å². The van der Waals surface area contributed by atoms with Crippen molar-refractivity contribution in [3.63, 3.8) is 0 Å². The molecule has 0 atom stereocenters. The molecule has 0 saturated carbocycles. The van der Waals surface area contributed by atoms with Crippen molar-refractivity contribution in [3.05, 3.63) is 0 Å². The highest BCUT2D eigenvalue weighted by atomic mass is 28.4. The quantitative estimate of drug-likeness (QED) is 0.0386. The molecule has 0 aromatic rings. The first-order valence-corrected chi connectivity index (χ1v) is 70.0. The summed E-state index contributed by atoms with van der Waals surface area (Å²) in [6, 6.07) is 8.24. The van der Waals surface area contributed by atoms with E-state index in [1.54, 1.807) is 9.80 Å². The lowest BCUT2D eigenvalue weighted by Gasteiger charge is -2.37. The molecule has 0 radical (unpaired) electrons. The number of hydrogen-bond acceptors (Lipinski definition) is 32. The molecule has 0 aromatic heterocycles. The van der Waals surface area contributed by atoms with Crippen LogP contribution in [0.5, 0.6) is 0 Å². The van der Waals surface area contributed by atoms with Gasteiger partial charge < -0.3 is 156 Å². The average Bonchev–Trinajstić information content (AvgIpc) is 0.846. The van der Waals surface area contributed by atoms with Crippen molar-refractivity contribution in [2.45, 2.75) is 199 Å². The lowest BCUT2D eigenvalue weighted by Crippen LogP contribution is -2.62. The van der Waals surface area contributed by atoms with Gasteiger partial charge in [0, 0.05) is 98.9 Å². The summed E-state index contributed by atoms with van der Waals surface area (Å²) in [6.07, 6.45) is 6.85. The fourth-order valence-corrected chi connectivity index (χ4v) is 37.2. The van der Waals surface area contributed by atoms with E-state index >= 15 is 0 Å². The minimum absolute atomic E-state index is 0.394. The number of nitrogens with zero attached hydrogens (tertiary/aromatic N) is 20. The maximum Gasteiger partial charge on any atom is 0.361 e. The van der Waals surface area contributed by atoms with Crippen LogP contribution in [0.1, 0.15) is 138 Å². The summed E-state index contributed by atoms with van der Waals surface area (Å²) in [5.74, 6) is 0. The summed E-state index contributed by atoms with van der Waals surface area (Å²) in [6.45, 7) is 72.6. The lowest BCUT2D eigenvalue weighted by molar-refractivity contribution is 0.238.